The Morgan fingerprint density at radius 3 is 2.68 bits per heavy atom. The van der Waals surface area contributed by atoms with E-state index in [2.05, 4.69) is 23.5 Å². The molecule has 1 amide bonds. The molecule has 0 saturated carbocycles. The van der Waals surface area contributed by atoms with Crippen LogP contribution in [0.5, 0.6) is 0 Å². The summed E-state index contributed by atoms with van der Waals surface area (Å²) in [6, 6.07) is 7.00. The number of aryl methyl sites for hydroxylation is 3. The van der Waals surface area contributed by atoms with E-state index in [1.165, 1.54) is 31.2 Å². The predicted molar refractivity (Wildman–Crippen MR) is 90.0 cm³/mol. The minimum Gasteiger partial charge on any atom is -0.396 e. The van der Waals surface area contributed by atoms with Crippen LogP contribution in [0.1, 0.15) is 61.6 Å². The molecule has 1 aromatic rings. The highest BCUT2D eigenvalue weighted by atomic mass is 16.3. The number of carbonyl (C=O) groups is 1. The Hall–Kier alpha value is -1.35. The summed E-state index contributed by atoms with van der Waals surface area (Å²) in [7, 11) is 0. The fraction of sp³-hybridized carbons (Fsp3) is 0.632. The Balaban J connectivity index is 1.60. The summed E-state index contributed by atoms with van der Waals surface area (Å²) in [5.74, 6) is 0.113. The normalized spacial score (nSPS) is 13.7. The highest BCUT2D eigenvalue weighted by molar-refractivity contribution is 5.75. The van der Waals surface area contributed by atoms with E-state index in [0.29, 0.717) is 19.4 Å². The molecule has 0 aromatic heterocycles. The monoisotopic (exact) mass is 303 g/mol. The van der Waals surface area contributed by atoms with E-state index in [0.717, 1.165) is 25.7 Å². The van der Waals surface area contributed by atoms with Crippen LogP contribution in [-0.2, 0) is 24.1 Å². The van der Waals surface area contributed by atoms with Crippen molar-refractivity contribution in [3.63, 3.8) is 0 Å². The van der Waals surface area contributed by atoms with Gasteiger partial charge in [-0.2, -0.15) is 0 Å². The molecular formula is C19H29NO2. The van der Waals surface area contributed by atoms with Crippen LogP contribution in [0, 0.1) is 0 Å². The summed E-state index contributed by atoms with van der Waals surface area (Å²) in [4.78, 5) is 11.5. The number of benzene rings is 1. The highest BCUT2D eigenvalue weighted by Crippen LogP contribution is 2.23. The molecule has 0 unspecified atom stereocenters. The van der Waals surface area contributed by atoms with Gasteiger partial charge in [0.25, 0.3) is 0 Å². The van der Waals surface area contributed by atoms with Gasteiger partial charge >= 0.3 is 0 Å². The summed E-state index contributed by atoms with van der Waals surface area (Å²) in [6.07, 6.45) is 10.8. The van der Waals surface area contributed by atoms with Crippen molar-refractivity contribution < 1.29 is 9.90 Å². The molecule has 1 aliphatic rings. The number of rotatable bonds is 9. The average molecular weight is 303 g/mol. The standard InChI is InChI=1S/C19H29NO2/c21-14-6-13-20-19(22)10-3-1-2-7-16-11-12-17-8-4-5-9-18(17)15-16/h11-12,15,21H,1-10,13-14H2,(H,20,22). The van der Waals surface area contributed by atoms with Gasteiger partial charge in [-0.3, -0.25) is 4.79 Å². The van der Waals surface area contributed by atoms with Crippen LogP contribution in [0.15, 0.2) is 18.2 Å². The van der Waals surface area contributed by atoms with Crippen LogP contribution in [-0.4, -0.2) is 24.2 Å². The van der Waals surface area contributed by atoms with Gasteiger partial charge in [0.2, 0.25) is 5.91 Å². The molecule has 2 rings (SSSR count). The number of carbonyl (C=O) groups excluding carboxylic acids is 1. The first-order valence-corrected chi connectivity index (χ1v) is 8.78. The maximum absolute atomic E-state index is 11.5. The summed E-state index contributed by atoms with van der Waals surface area (Å²) in [5.41, 5.74) is 4.56. The number of hydrogen-bond acceptors (Lipinski definition) is 2. The Labute approximate surface area is 134 Å². The molecule has 0 spiro atoms. The number of amides is 1. The van der Waals surface area contributed by atoms with Crippen molar-refractivity contribution in [2.24, 2.45) is 0 Å². The van der Waals surface area contributed by atoms with Gasteiger partial charge in [0.1, 0.15) is 0 Å². The van der Waals surface area contributed by atoms with Crippen LogP contribution in [0.4, 0.5) is 0 Å². The van der Waals surface area contributed by atoms with Crippen molar-refractivity contribution in [3.8, 4) is 0 Å². The van der Waals surface area contributed by atoms with Gasteiger partial charge < -0.3 is 10.4 Å². The molecule has 22 heavy (non-hydrogen) atoms. The van der Waals surface area contributed by atoms with Gasteiger partial charge in [-0.1, -0.05) is 24.6 Å². The van der Waals surface area contributed by atoms with Crippen molar-refractivity contribution in [2.75, 3.05) is 13.2 Å². The number of aliphatic hydroxyl groups is 1. The van der Waals surface area contributed by atoms with E-state index >= 15 is 0 Å². The highest BCUT2D eigenvalue weighted by Gasteiger charge is 2.09. The maximum atomic E-state index is 11.5. The van der Waals surface area contributed by atoms with E-state index in [9.17, 15) is 4.79 Å². The average Bonchev–Trinajstić information content (AvgIpc) is 2.54. The van der Waals surface area contributed by atoms with Gasteiger partial charge in [-0.15, -0.1) is 0 Å². The first-order chi connectivity index (χ1) is 10.8. The third kappa shape index (κ3) is 5.80. The Kier molecular flexibility index (Phi) is 7.44. The predicted octanol–water partition coefficient (Wildman–Crippen LogP) is 3.17. The molecule has 0 saturated heterocycles. The molecule has 0 fully saturated rings. The second kappa shape index (κ2) is 9.62. The van der Waals surface area contributed by atoms with Gasteiger partial charge in [0.05, 0.1) is 0 Å². The third-order valence-corrected chi connectivity index (χ3v) is 4.44. The summed E-state index contributed by atoms with van der Waals surface area (Å²) in [5, 5.41) is 11.5. The zero-order valence-electron chi connectivity index (χ0n) is 13.6. The molecule has 122 valence electrons. The lowest BCUT2D eigenvalue weighted by atomic mass is 9.89. The number of unbranched alkanes of at least 4 members (excludes halogenated alkanes) is 2. The van der Waals surface area contributed by atoms with Crippen LogP contribution < -0.4 is 5.32 Å². The van der Waals surface area contributed by atoms with Crippen molar-refractivity contribution in [2.45, 2.75) is 64.2 Å². The minimum absolute atomic E-state index is 0.113. The fourth-order valence-corrected chi connectivity index (χ4v) is 3.13. The SMILES string of the molecule is O=C(CCCCCc1ccc2c(c1)CCCC2)NCCCO. The van der Waals surface area contributed by atoms with Gasteiger partial charge in [-0.25, -0.2) is 0 Å². The third-order valence-electron chi connectivity index (χ3n) is 4.44. The van der Waals surface area contributed by atoms with E-state index in [1.807, 2.05) is 0 Å². The minimum atomic E-state index is 0.113. The molecule has 1 aromatic carbocycles. The van der Waals surface area contributed by atoms with Crippen molar-refractivity contribution in [3.05, 3.63) is 34.9 Å². The smallest absolute Gasteiger partial charge is 0.219 e. The Bertz CT molecular complexity index is 471. The Morgan fingerprint density at radius 1 is 1.05 bits per heavy atom. The maximum Gasteiger partial charge on any atom is 0.219 e. The van der Waals surface area contributed by atoms with Crippen LogP contribution >= 0.6 is 0 Å². The molecule has 3 heteroatoms. The van der Waals surface area contributed by atoms with Crippen LogP contribution in [0.3, 0.4) is 0 Å². The van der Waals surface area contributed by atoms with Crippen LogP contribution in [0.2, 0.25) is 0 Å². The van der Waals surface area contributed by atoms with Crippen molar-refractivity contribution in [1.29, 1.82) is 0 Å². The summed E-state index contributed by atoms with van der Waals surface area (Å²) in [6.45, 7) is 0.728. The van der Waals surface area contributed by atoms with Gasteiger partial charge in [0, 0.05) is 19.6 Å². The lowest BCUT2D eigenvalue weighted by molar-refractivity contribution is -0.121. The van der Waals surface area contributed by atoms with Gasteiger partial charge in [-0.05, 0) is 68.1 Å². The first kappa shape index (κ1) is 17.0. The van der Waals surface area contributed by atoms with Crippen molar-refractivity contribution >= 4 is 5.91 Å². The molecule has 0 aliphatic heterocycles. The van der Waals surface area contributed by atoms with E-state index in [4.69, 9.17) is 5.11 Å². The molecule has 0 atom stereocenters. The second-order valence-electron chi connectivity index (χ2n) is 6.30. The zero-order chi connectivity index (χ0) is 15.6. The second-order valence-corrected chi connectivity index (χ2v) is 6.30. The van der Waals surface area contributed by atoms with E-state index in [1.54, 1.807) is 11.1 Å². The fourth-order valence-electron chi connectivity index (χ4n) is 3.13. The summed E-state index contributed by atoms with van der Waals surface area (Å²) >= 11 is 0. The lowest BCUT2D eigenvalue weighted by Gasteiger charge is -2.16. The molecule has 0 bridgehead atoms. The zero-order valence-corrected chi connectivity index (χ0v) is 13.6. The number of fused-ring (bicyclic) bond motifs is 1. The van der Waals surface area contributed by atoms with Crippen molar-refractivity contribution in [1.82, 2.24) is 5.32 Å². The Morgan fingerprint density at radius 2 is 1.86 bits per heavy atom. The quantitative estimate of drug-likeness (QED) is 0.688. The van der Waals surface area contributed by atoms with E-state index in [-0.39, 0.29) is 12.5 Å². The van der Waals surface area contributed by atoms with Gasteiger partial charge in [0.15, 0.2) is 0 Å². The van der Waals surface area contributed by atoms with Crippen LogP contribution in [0.25, 0.3) is 0 Å². The number of nitrogens with one attached hydrogen (secondary N) is 1. The largest absolute Gasteiger partial charge is 0.396 e. The van der Waals surface area contributed by atoms with E-state index < -0.39 is 0 Å². The number of aliphatic hydroxyl groups excluding tert-OH is 1. The number of hydrogen-bond donors (Lipinski definition) is 2. The lowest BCUT2D eigenvalue weighted by Crippen LogP contribution is -2.24. The summed E-state index contributed by atoms with van der Waals surface area (Å²) < 4.78 is 0. The molecule has 2 N–H and O–H groups in total. The molecule has 3 nitrogen and oxygen atoms in total. The molecule has 1 aliphatic carbocycles. The molecule has 0 radical (unpaired) electrons. The molecule has 0 heterocycles. The first-order valence-electron chi connectivity index (χ1n) is 8.78. The topological polar surface area (TPSA) is 49.3 Å². The molecular weight excluding hydrogens is 274 g/mol.